The SMILES string of the molecule is COc1ccc(S(=O)(=O)N2CCn3cccc3[C@H]2c2ccc(OC)c(OC)c2)cc1. The predicted octanol–water partition coefficient (Wildman–Crippen LogP) is 3.31. The van der Waals surface area contributed by atoms with E-state index in [1.807, 2.05) is 30.5 Å². The van der Waals surface area contributed by atoms with Crippen LogP contribution < -0.4 is 14.2 Å². The molecule has 0 spiro atoms. The number of nitrogens with zero attached hydrogens (tertiary/aromatic N) is 2. The maximum atomic E-state index is 13.6. The third-order valence-electron chi connectivity index (χ3n) is 5.38. The van der Waals surface area contributed by atoms with Crippen molar-refractivity contribution in [3.05, 3.63) is 72.1 Å². The van der Waals surface area contributed by atoms with Crippen LogP contribution in [0.2, 0.25) is 0 Å². The lowest BCUT2D eigenvalue weighted by Crippen LogP contribution is -2.42. The summed E-state index contributed by atoms with van der Waals surface area (Å²) in [5.41, 5.74) is 1.72. The number of methoxy groups -OCH3 is 3. The molecule has 0 N–H and O–H groups in total. The minimum absolute atomic E-state index is 0.230. The van der Waals surface area contributed by atoms with E-state index in [-0.39, 0.29) is 4.90 Å². The third-order valence-corrected chi connectivity index (χ3v) is 7.26. The fourth-order valence-corrected chi connectivity index (χ4v) is 5.44. The average Bonchev–Trinajstić information content (AvgIpc) is 3.27. The largest absolute Gasteiger partial charge is 0.497 e. The van der Waals surface area contributed by atoms with Crippen LogP contribution in [-0.2, 0) is 16.6 Å². The molecule has 158 valence electrons. The predicted molar refractivity (Wildman–Crippen MR) is 113 cm³/mol. The van der Waals surface area contributed by atoms with E-state index in [1.165, 1.54) is 0 Å². The van der Waals surface area contributed by atoms with Crippen molar-refractivity contribution >= 4 is 10.0 Å². The summed E-state index contributed by atoms with van der Waals surface area (Å²) in [6.07, 6.45) is 1.97. The zero-order valence-corrected chi connectivity index (χ0v) is 17.9. The Morgan fingerprint density at radius 2 is 1.60 bits per heavy atom. The second-order valence-corrected chi connectivity index (χ2v) is 8.83. The molecule has 7 nitrogen and oxygen atoms in total. The first-order chi connectivity index (χ1) is 14.5. The molecule has 8 heteroatoms. The Labute approximate surface area is 176 Å². The molecule has 1 aliphatic rings. The third kappa shape index (κ3) is 3.42. The molecule has 1 aliphatic heterocycles. The number of benzene rings is 2. The minimum Gasteiger partial charge on any atom is -0.497 e. The standard InChI is InChI=1S/C22H24N2O5S/c1-27-17-7-9-18(10-8-17)30(25,26)24-14-13-23-12-4-5-19(23)22(24)16-6-11-20(28-2)21(15-16)29-3/h4-12,15,22H,13-14H2,1-3H3/t22-/m1/s1. The van der Waals surface area contributed by atoms with Crippen LogP contribution in [0.3, 0.4) is 0 Å². The van der Waals surface area contributed by atoms with Gasteiger partial charge in [-0.2, -0.15) is 4.31 Å². The van der Waals surface area contributed by atoms with Crippen molar-refractivity contribution in [1.29, 1.82) is 0 Å². The summed E-state index contributed by atoms with van der Waals surface area (Å²) in [4.78, 5) is 0.230. The van der Waals surface area contributed by atoms with Gasteiger partial charge in [-0.1, -0.05) is 6.07 Å². The zero-order chi connectivity index (χ0) is 21.3. The Morgan fingerprint density at radius 1 is 0.867 bits per heavy atom. The second kappa shape index (κ2) is 8.04. The van der Waals surface area contributed by atoms with E-state index in [0.717, 1.165) is 11.3 Å². The van der Waals surface area contributed by atoms with Gasteiger partial charge in [-0.05, 0) is 54.1 Å². The van der Waals surface area contributed by atoms with E-state index >= 15 is 0 Å². The molecule has 0 aliphatic carbocycles. The summed E-state index contributed by atoms with van der Waals surface area (Å²) in [6, 6.07) is 15.4. The summed E-state index contributed by atoms with van der Waals surface area (Å²) in [6.45, 7) is 0.941. The number of hydrogen-bond donors (Lipinski definition) is 0. The fourth-order valence-electron chi connectivity index (χ4n) is 3.86. The molecule has 0 amide bonds. The number of hydrogen-bond acceptors (Lipinski definition) is 5. The van der Waals surface area contributed by atoms with E-state index in [0.29, 0.717) is 30.3 Å². The molecule has 0 saturated heterocycles. The maximum absolute atomic E-state index is 13.6. The number of fused-ring (bicyclic) bond motifs is 1. The molecule has 0 bridgehead atoms. The van der Waals surface area contributed by atoms with Gasteiger partial charge in [-0.3, -0.25) is 0 Å². The molecular formula is C22H24N2O5S. The summed E-state index contributed by atoms with van der Waals surface area (Å²) in [7, 11) is 0.943. The number of aromatic nitrogens is 1. The highest BCUT2D eigenvalue weighted by Crippen LogP contribution is 2.39. The van der Waals surface area contributed by atoms with Gasteiger partial charge in [0, 0.05) is 25.0 Å². The monoisotopic (exact) mass is 428 g/mol. The smallest absolute Gasteiger partial charge is 0.244 e. The average molecular weight is 429 g/mol. The molecule has 2 heterocycles. The van der Waals surface area contributed by atoms with Gasteiger partial charge in [0.25, 0.3) is 0 Å². The highest BCUT2D eigenvalue weighted by Gasteiger charge is 2.38. The lowest BCUT2D eigenvalue weighted by molar-refractivity contribution is 0.296. The van der Waals surface area contributed by atoms with Crippen LogP contribution in [0.25, 0.3) is 0 Å². The van der Waals surface area contributed by atoms with Gasteiger partial charge < -0.3 is 18.8 Å². The van der Waals surface area contributed by atoms with Crippen LogP contribution in [0.15, 0.2) is 65.7 Å². The van der Waals surface area contributed by atoms with Crippen LogP contribution >= 0.6 is 0 Å². The Hall–Kier alpha value is -2.97. The van der Waals surface area contributed by atoms with Crippen molar-refractivity contribution < 1.29 is 22.6 Å². The van der Waals surface area contributed by atoms with Gasteiger partial charge in [0.05, 0.1) is 32.3 Å². The Balaban J connectivity index is 1.82. The maximum Gasteiger partial charge on any atom is 0.244 e. The van der Waals surface area contributed by atoms with E-state index in [4.69, 9.17) is 14.2 Å². The topological polar surface area (TPSA) is 70.0 Å². The number of rotatable bonds is 6. The summed E-state index contributed by atoms with van der Waals surface area (Å²) < 4.78 is 46.8. The molecule has 0 radical (unpaired) electrons. The zero-order valence-electron chi connectivity index (χ0n) is 17.1. The van der Waals surface area contributed by atoms with E-state index in [9.17, 15) is 8.42 Å². The normalized spacial score (nSPS) is 16.7. The molecule has 1 aromatic heterocycles. The van der Waals surface area contributed by atoms with Gasteiger partial charge in [-0.25, -0.2) is 8.42 Å². The molecular weight excluding hydrogens is 404 g/mol. The molecule has 0 fully saturated rings. The first-order valence-electron chi connectivity index (χ1n) is 9.52. The highest BCUT2D eigenvalue weighted by molar-refractivity contribution is 7.89. The highest BCUT2D eigenvalue weighted by atomic mass is 32.2. The van der Waals surface area contributed by atoms with Crippen molar-refractivity contribution in [2.24, 2.45) is 0 Å². The van der Waals surface area contributed by atoms with Crippen LogP contribution in [0.5, 0.6) is 17.2 Å². The minimum atomic E-state index is -3.75. The lowest BCUT2D eigenvalue weighted by Gasteiger charge is -2.36. The van der Waals surface area contributed by atoms with Gasteiger partial charge >= 0.3 is 0 Å². The van der Waals surface area contributed by atoms with E-state index < -0.39 is 16.1 Å². The van der Waals surface area contributed by atoms with Crippen molar-refractivity contribution in [2.45, 2.75) is 17.5 Å². The van der Waals surface area contributed by atoms with Crippen LogP contribution in [0.1, 0.15) is 17.3 Å². The molecule has 2 aromatic carbocycles. The van der Waals surface area contributed by atoms with Gasteiger partial charge in [0.15, 0.2) is 11.5 Å². The number of ether oxygens (including phenoxy) is 3. The van der Waals surface area contributed by atoms with Gasteiger partial charge in [0.1, 0.15) is 5.75 Å². The van der Waals surface area contributed by atoms with E-state index in [2.05, 4.69) is 4.57 Å². The molecule has 3 aromatic rings. The first-order valence-corrected chi connectivity index (χ1v) is 11.0. The van der Waals surface area contributed by atoms with E-state index in [1.54, 1.807) is 56.0 Å². The van der Waals surface area contributed by atoms with Crippen molar-refractivity contribution in [1.82, 2.24) is 8.87 Å². The van der Waals surface area contributed by atoms with Crippen molar-refractivity contribution in [3.8, 4) is 17.2 Å². The molecule has 30 heavy (non-hydrogen) atoms. The Morgan fingerprint density at radius 3 is 2.27 bits per heavy atom. The summed E-state index contributed by atoms with van der Waals surface area (Å²) in [5, 5.41) is 0. The number of sulfonamides is 1. The molecule has 0 saturated carbocycles. The van der Waals surface area contributed by atoms with Gasteiger partial charge in [0.2, 0.25) is 10.0 Å². The van der Waals surface area contributed by atoms with Crippen LogP contribution in [-0.4, -0.2) is 45.2 Å². The Kier molecular flexibility index (Phi) is 5.44. The summed E-state index contributed by atoms with van der Waals surface area (Å²) >= 11 is 0. The Bertz CT molecular complexity index is 1140. The lowest BCUT2D eigenvalue weighted by atomic mass is 10.0. The van der Waals surface area contributed by atoms with Crippen molar-refractivity contribution in [2.75, 3.05) is 27.9 Å². The molecule has 0 unspecified atom stereocenters. The first kappa shape index (κ1) is 20.3. The quantitative estimate of drug-likeness (QED) is 0.603. The summed E-state index contributed by atoms with van der Waals surface area (Å²) in [5.74, 6) is 1.76. The second-order valence-electron chi connectivity index (χ2n) is 6.93. The van der Waals surface area contributed by atoms with Crippen LogP contribution in [0, 0.1) is 0 Å². The van der Waals surface area contributed by atoms with Crippen molar-refractivity contribution in [3.63, 3.8) is 0 Å². The fraction of sp³-hybridized carbons (Fsp3) is 0.273. The molecule has 4 rings (SSSR count). The van der Waals surface area contributed by atoms with Crippen LogP contribution in [0.4, 0.5) is 0 Å². The molecule has 1 atom stereocenters. The van der Waals surface area contributed by atoms with Gasteiger partial charge in [-0.15, -0.1) is 0 Å².